The molecule has 0 bridgehead atoms. The largest absolute Gasteiger partial charge is 0.384 e. The summed E-state index contributed by atoms with van der Waals surface area (Å²) in [6.07, 6.45) is 0. The molecule has 0 aliphatic carbocycles. The Labute approximate surface area is 112 Å². The van der Waals surface area contributed by atoms with E-state index in [-0.39, 0.29) is 5.82 Å². The number of rotatable bonds is 2. The van der Waals surface area contributed by atoms with Crippen molar-refractivity contribution >= 4 is 39.9 Å². The van der Waals surface area contributed by atoms with Gasteiger partial charge in [-0.25, -0.2) is 14.4 Å². The molecule has 17 heavy (non-hydrogen) atoms. The molecule has 6 heteroatoms. The first-order chi connectivity index (χ1) is 8.04. The second-order valence-corrected chi connectivity index (χ2v) is 4.64. The fourth-order valence-corrected chi connectivity index (χ4v) is 2.00. The van der Waals surface area contributed by atoms with Gasteiger partial charge in [-0.2, -0.15) is 0 Å². The minimum Gasteiger partial charge on any atom is -0.384 e. The van der Waals surface area contributed by atoms with E-state index >= 15 is 0 Å². The van der Waals surface area contributed by atoms with E-state index in [0.29, 0.717) is 17.5 Å². The highest BCUT2D eigenvalue weighted by Crippen LogP contribution is 2.22. The summed E-state index contributed by atoms with van der Waals surface area (Å²) in [4.78, 5) is 8.17. The quantitative estimate of drug-likeness (QED) is 0.823. The van der Waals surface area contributed by atoms with Gasteiger partial charge < -0.3 is 11.1 Å². The van der Waals surface area contributed by atoms with Gasteiger partial charge in [0.15, 0.2) is 0 Å². The van der Waals surface area contributed by atoms with Crippen LogP contribution in [0.2, 0.25) is 0 Å². The Morgan fingerprint density at radius 1 is 1.29 bits per heavy atom. The number of nitrogen functional groups attached to an aromatic ring is 1. The first-order valence-electron chi connectivity index (χ1n) is 4.88. The van der Waals surface area contributed by atoms with Gasteiger partial charge in [-0.1, -0.05) is 0 Å². The maximum Gasteiger partial charge on any atom is 0.136 e. The second kappa shape index (κ2) is 4.82. The maximum atomic E-state index is 12.9. The zero-order valence-electron chi connectivity index (χ0n) is 9.04. The lowest BCUT2D eigenvalue weighted by Gasteiger charge is -2.08. The number of nitrogens with two attached hydrogens (primary N) is 1. The van der Waals surface area contributed by atoms with E-state index in [2.05, 4.69) is 37.9 Å². The monoisotopic (exact) mass is 344 g/mol. The van der Waals surface area contributed by atoms with Crippen LogP contribution in [0.15, 0.2) is 24.3 Å². The Hall–Kier alpha value is -1.44. The third kappa shape index (κ3) is 3.02. The van der Waals surface area contributed by atoms with Crippen molar-refractivity contribution in [3.63, 3.8) is 0 Å². The molecule has 0 atom stereocenters. The van der Waals surface area contributed by atoms with Crippen molar-refractivity contribution in [1.82, 2.24) is 9.97 Å². The highest BCUT2D eigenvalue weighted by Gasteiger charge is 2.04. The molecule has 0 radical (unpaired) electrons. The standard InChI is InChI=1S/C11H10FIN4/c1-6-15-10(14)5-11(16-6)17-9-3-2-7(12)4-8(9)13/h2-5H,1H3,(H3,14,15,16,17). The summed E-state index contributed by atoms with van der Waals surface area (Å²) in [5, 5.41) is 3.08. The lowest BCUT2D eigenvalue weighted by Crippen LogP contribution is -2.01. The molecule has 0 unspecified atom stereocenters. The Kier molecular flexibility index (Phi) is 3.41. The van der Waals surface area contributed by atoms with E-state index < -0.39 is 0 Å². The smallest absolute Gasteiger partial charge is 0.136 e. The molecule has 0 spiro atoms. The van der Waals surface area contributed by atoms with E-state index in [1.807, 2.05) is 0 Å². The number of nitrogens with zero attached hydrogens (tertiary/aromatic N) is 2. The van der Waals surface area contributed by atoms with Crippen molar-refractivity contribution in [2.75, 3.05) is 11.1 Å². The summed E-state index contributed by atoms with van der Waals surface area (Å²) in [7, 11) is 0. The van der Waals surface area contributed by atoms with Crippen molar-refractivity contribution in [3.05, 3.63) is 39.5 Å². The molecule has 1 aromatic heterocycles. The maximum absolute atomic E-state index is 12.9. The number of aryl methyl sites for hydroxylation is 1. The van der Waals surface area contributed by atoms with Crippen molar-refractivity contribution in [1.29, 1.82) is 0 Å². The Morgan fingerprint density at radius 2 is 2.06 bits per heavy atom. The van der Waals surface area contributed by atoms with E-state index in [0.717, 1.165) is 9.26 Å². The van der Waals surface area contributed by atoms with Gasteiger partial charge in [-0.3, -0.25) is 0 Å². The van der Waals surface area contributed by atoms with Gasteiger partial charge in [0.25, 0.3) is 0 Å². The second-order valence-electron chi connectivity index (χ2n) is 3.47. The third-order valence-corrected chi connectivity index (χ3v) is 2.94. The van der Waals surface area contributed by atoms with Crippen LogP contribution >= 0.6 is 22.6 Å². The van der Waals surface area contributed by atoms with Crippen LogP contribution < -0.4 is 11.1 Å². The Morgan fingerprint density at radius 3 is 2.71 bits per heavy atom. The predicted molar refractivity (Wildman–Crippen MR) is 73.6 cm³/mol. The highest BCUT2D eigenvalue weighted by molar-refractivity contribution is 14.1. The number of halogens is 2. The molecular formula is C11H10FIN4. The van der Waals surface area contributed by atoms with E-state index in [1.165, 1.54) is 12.1 Å². The molecule has 0 aliphatic rings. The van der Waals surface area contributed by atoms with Gasteiger partial charge in [0.1, 0.15) is 23.3 Å². The van der Waals surface area contributed by atoms with Crippen LogP contribution in [0.1, 0.15) is 5.82 Å². The molecule has 0 aliphatic heterocycles. The SMILES string of the molecule is Cc1nc(N)cc(Nc2ccc(F)cc2I)n1. The van der Waals surface area contributed by atoms with Crippen molar-refractivity contribution < 1.29 is 4.39 Å². The summed E-state index contributed by atoms with van der Waals surface area (Å²) in [6.45, 7) is 1.76. The fraction of sp³-hybridized carbons (Fsp3) is 0.0909. The molecule has 2 aromatic rings. The van der Waals surface area contributed by atoms with Crippen molar-refractivity contribution in [2.45, 2.75) is 6.92 Å². The van der Waals surface area contributed by atoms with Gasteiger partial charge in [0.05, 0.1) is 5.69 Å². The van der Waals surface area contributed by atoms with Gasteiger partial charge in [0, 0.05) is 9.64 Å². The molecule has 2 rings (SSSR count). The molecule has 0 saturated heterocycles. The summed E-state index contributed by atoms with van der Waals surface area (Å²) in [5.41, 5.74) is 6.40. The van der Waals surface area contributed by atoms with E-state index in [4.69, 9.17) is 5.73 Å². The fourth-order valence-electron chi connectivity index (χ4n) is 1.38. The number of hydrogen-bond acceptors (Lipinski definition) is 4. The van der Waals surface area contributed by atoms with Crippen LogP contribution in [-0.4, -0.2) is 9.97 Å². The molecule has 1 aromatic carbocycles. The van der Waals surface area contributed by atoms with Crippen LogP contribution in [0.5, 0.6) is 0 Å². The zero-order valence-corrected chi connectivity index (χ0v) is 11.2. The number of benzene rings is 1. The number of nitrogens with one attached hydrogen (secondary N) is 1. The molecule has 4 nitrogen and oxygen atoms in total. The summed E-state index contributed by atoms with van der Waals surface area (Å²) < 4.78 is 13.7. The normalized spacial score (nSPS) is 10.3. The van der Waals surface area contributed by atoms with E-state index in [9.17, 15) is 4.39 Å². The lowest BCUT2D eigenvalue weighted by atomic mass is 10.3. The van der Waals surface area contributed by atoms with Crippen molar-refractivity contribution in [3.8, 4) is 0 Å². The minimum atomic E-state index is -0.265. The number of aromatic nitrogens is 2. The minimum absolute atomic E-state index is 0.265. The van der Waals surface area contributed by atoms with Gasteiger partial charge >= 0.3 is 0 Å². The average molecular weight is 344 g/mol. The molecule has 0 amide bonds. The van der Waals surface area contributed by atoms with Crippen LogP contribution in [-0.2, 0) is 0 Å². The summed E-state index contributed by atoms with van der Waals surface area (Å²) >= 11 is 2.05. The van der Waals surface area contributed by atoms with Crippen LogP contribution in [0, 0.1) is 16.3 Å². The lowest BCUT2D eigenvalue weighted by molar-refractivity contribution is 0.627. The number of hydrogen-bond donors (Lipinski definition) is 2. The van der Waals surface area contributed by atoms with Crippen molar-refractivity contribution in [2.24, 2.45) is 0 Å². The molecule has 0 saturated carbocycles. The molecule has 3 N–H and O–H groups in total. The summed E-state index contributed by atoms with van der Waals surface area (Å²) in [6, 6.07) is 6.12. The zero-order chi connectivity index (χ0) is 12.4. The number of anilines is 3. The topological polar surface area (TPSA) is 63.8 Å². The van der Waals surface area contributed by atoms with Gasteiger partial charge in [-0.15, -0.1) is 0 Å². The third-order valence-electron chi connectivity index (χ3n) is 2.05. The Balaban J connectivity index is 2.31. The highest BCUT2D eigenvalue weighted by atomic mass is 127. The molecule has 0 fully saturated rings. The molecule has 88 valence electrons. The summed E-state index contributed by atoms with van der Waals surface area (Å²) in [5.74, 6) is 1.32. The predicted octanol–water partition coefficient (Wildman–Crippen LogP) is 2.85. The van der Waals surface area contributed by atoms with Crippen LogP contribution in [0.3, 0.4) is 0 Å². The Bertz CT molecular complexity index is 539. The first-order valence-corrected chi connectivity index (χ1v) is 5.96. The van der Waals surface area contributed by atoms with E-state index in [1.54, 1.807) is 19.1 Å². The average Bonchev–Trinajstić information content (AvgIpc) is 2.21. The van der Waals surface area contributed by atoms with Gasteiger partial charge in [-0.05, 0) is 47.7 Å². The molecule has 1 heterocycles. The van der Waals surface area contributed by atoms with Crippen LogP contribution in [0.25, 0.3) is 0 Å². The molecular weight excluding hydrogens is 334 g/mol. The van der Waals surface area contributed by atoms with Gasteiger partial charge in [0.2, 0.25) is 0 Å². The van der Waals surface area contributed by atoms with Crippen LogP contribution in [0.4, 0.5) is 21.7 Å². The first kappa shape index (κ1) is 12.0.